The van der Waals surface area contributed by atoms with Crippen LogP contribution in [0.3, 0.4) is 0 Å². The maximum Gasteiger partial charge on any atom is 0.257 e. The van der Waals surface area contributed by atoms with Gasteiger partial charge in [0, 0.05) is 10.4 Å². The van der Waals surface area contributed by atoms with Gasteiger partial charge in [-0.05, 0) is 36.8 Å². The summed E-state index contributed by atoms with van der Waals surface area (Å²) in [5, 5.41) is 12.0. The van der Waals surface area contributed by atoms with Crippen LogP contribution in [0.2, 0.25) is 5.02 Å². The highest BCUT2D eigenvalue weighted by Crippen LogP contribution is 2.19. The third-order valence-electron chi connectivity index (χ3n) is 3.62. The van der Waals surface area contributed by atoms with Gasteiger partial charge in [-0.3, -0.25) is 10.2 Å². The minimum atomic E-state index is -0.350. The molecule has 0 saturated carbocycles. The van der Waals surface area contributed by atoms with Gasteiger partial charge in [-0.2, -0.15) is 0 Å². The molecule has 0 saturated heterocycles. The Bertz CT molecular complexity index is 919. The van der Waals surface area contributed by atoms with E-state index in [1.54, 1.807) is 24.3 Å². The number of carbonyl (C=O) groups is 1. The molecule has 1 atom stereocenters. The molecule has 0 spiro atoms. The smallest absolute Gasteiger partial charge is 0.257 e. The molecule has 3 aromatic rings. The van der Waals surface area contributed by atoms with Crippen molar-refractivity contribution in [2.45, 2.75) is 13.0 Å². The maximum atomic E-state index is 12.5. The van der Waals surface area contributed by atoms with Crippen LogP contribution in [-0.2, 0) is 0 Å². The first-order chi connectivity index (χ1) is 11.0. The highest BCUT2D eigenvalue weighted by Gasteiger charge is 2.15. The Morgan fingerprint density at radius 1 is 1.17 bits per heavy atom. The summed E-state index contributed by atoms with van der Waals surface area (Å²) >= 11 is 5.97. The highest BCUT2D eigenvalue weighted by atomic mass is 35.5. The molecule has 0 bridgehead atoms. The van der Waals surface area contributed by atoms with E-state index in [4.69, 9.17) is 21.4 Å². The van der Waals surface area contributed by atoms with Crippen molar-refractivity contribution in [2.24, 2.45) is 0 Å². The normalized spacial score (nSPS) is 12.1. The summed E-state index contributed by atoms with van der Waals surface area (Å²) in [6, 6.07) is 16.2. The second-order valence-electron chi connectivity index (χ2n) is 5.28. The fourth-order valence-corrected chi connectivity index (χ4v) is 2.56. The lowest BCUT2D eigenvalue weighted by molar-refractivity contribution is 0.0935. The van der Waals surface area contributed by atoms with Gasteiger partial charge in [-0.15, -0.1) is 0 Å². The summed E-state index contributed by atoms with van der Waals surface area (Å²) in [7, 11) is 0. The number of rotatable bonds is 3. The van der Waals surface area contributed by atoms with Crippen molar-refractivity contribution in [3.63, 3.8) is 0 Å². The monoisotopic (exact) mass is 326 g/mol. The molecule has 5 heteroatoms. The Morgan fingerprint density at radius 3 is 2.65 bits per heavy atom. The second-order valence-corrected chi connectivity index (χ2v) is 5.71. The molecule has 2 aromatic carbocycles. The van der Waals surface area contributed by atoms with E-state index in [-0.39, 0.29) is 23.1 Å². The zero-order valence-electron chi connectivity index (χ0n) is 12.5. The molecule has 3 rings (SSSR count). The van der Waals surface area contributed by atoms with E-state index < -0.39 is 0 Å². The summed E-state index contributed by atoms with van der Waals surface area (Å²) in [4.78, 5) is 12.5. The van der Waals surface area contributed by atoms with Crippen LogP contribution in [0.25, 0.3) is 11.0 Å². The largest absolute Gasteiger partial charge is 0.438 e. The Labute approximate surface area is 138 Å². The van der Waals surface area contributed by atoms with Gasteiger partial charge in [0.1, 0.15) is 11.1 Å². The van der Waals surface area contributed by atoms with E-state index in [1.807, 2.05) is 37.3 Å². The van der Waals surface area contributed by atoms with E-state index in [9.17, 15) is 4.79 Å². The highest BCUT2D eigenvalue weighted by molar-refractivity contribution is 6.31. The van der Waals surface area contributed by atoms with Crippen LogP contribution < -0.4 is 10.9 Å². The number of carbonyl (C=O) groups excluding carboxylic acids is 1. The lowest BCUT2D eigenvalue weighted by atomic mass is 10.1. The van der Waals surface area contributed by atoms with E-state index in [1.165, 1.54) is 0 Å². The standard InChI is InChI=1S/C18H15ClN2O2/c1-11(12-5-3-2-4-6-12)21-18(22)15-10-13-9-14(19)7-8-16(13)23-17(15)20/h2-11,20H,1H3,(H,21,22)/t11-/m0/s1. The Balaban J connectivity index is 1.91. The molecule has 0 aliphatic rings. The summed E-state index contributed by atoms with van der Waals surface area (Å²) in [5.74, 6) is -0.350. The maximum absolute atomic E-state index is 12.5. The van der Waals surface area contributed by atoms with Crippen LogP contribution in [0.1, 0.15) is 28.9 Å². The van der Waals surface area contributed by atoms with E-state index >= 15 is 0 Å². The zero-order chi connectivity index (χ0) is 16.4. The first-order valence-electron chi connectivity index (χ1n) is 7.18. The molecule has 2 N–H and O–H groups in total. The van der Waals surface area contributed by atoms with Crippen molar-refractivity contribution in [1.82, 2.24) is 5.32 Å². The van der Waals surface area contributed by atoms with Gasteiger partial charge in [0.15, 0.2) is 0 Å². The van der Waals surface area contributed by atoms with Gasteiger partial charge in [0.25, 0.3) is 5.91 Å². The molecule has 23 heavy (non-hydrogen) atoms. The molecule has 1 aromatic heterocycles. The van der Waals surface area contributed by atoms with Crippen molar-refractivity contribution < 1.29 is 9.21 Å². The minimum Gasteiger partial charge on any atom is -0.438 e. The van der Waals surface area contributed by atoms with Gasteiger partial charge >= 0.3 is 0 Å². The third kappa shape index (κ3) is 3.27. The van der Waals surface area contributed by atoms with Crippen LogP contribution in [0.5, 0.6) is 0 Å². The minimum absolute atomic E-state index is 0.168. The average Bonchev–Trinajstić information content (AvgIpc) is 2.55. The lowest BCUT2D eigenvalue weighted by Crippen LogP contribution is -2.30. The Morgan fingerprint density at radius 2 is 1.91 bits per heavy atom. The number of amides is 1. The Kier molecular flexibility index (Phi) is 4.17. The van der Waals surface area contributed by atoms with Crippen LogP contribution in [0.4, 0.5) is 0 Å². The third-order valence-corrected chi connectivity index (χ3v) is 3.86. The zero-order valence-corrected chi connectivity index (χ0v) is 13.2. The quantitative estimate of drug-likeness (QED) is 0.762. The first kappa shape index (κ1) is 15.3. The van der Waals surface area contributed by atoms with Crippen LogP contribution in [0, 0.1) is 5.41 Å². The topological polar surface area (TPSA) is 66.1 Å². The van der Waals surface area contributed by atoms with Gasteiger partial charge < -0.3 is 9.73 Å². The van der Waals surface area contributed by atoms with Gasteiger partial charge in [0.05, 0.1) is 6.04 Å². The molecule has 0 unspecified atom stereocenters. The number of hydrogen-bond acceptors (Lipinski definition) is 3. The van der Waals surface area contributed by atoms with Crippen LogP contribution >= 0.6 is 11.6 Å². The van der Waals surface area contributed by atoms with Crippen molar-refractivity contribution in [3.8, 4) is 0 Å². The second kappa shape index (κ2) is 6.26. The summed E-state index contributed by atoms with van der Waals surface area (Å²) < 4.78 is 5.40. The summed E-state index contributed by atoms with van der Waals surface area (Å²) in [5.41, 5.74) is 1.53. The fraction of sp³-hybridized carbons (Fsp3) is 0.111. The van der Waals surface area contributed by atoms with Crippen LogP contribution in [-0.4, -0.2) is 5.91 Å². The number of hydrogen-bond donors (Lipinski definition) is 2. The van der Waals surface area contributed by atoms with Crippen molar-refractivity contribution >= 4 is 28.5 Å². The van der Waals surface area contributed by atoms with Gasteiger partial charge in [-0.1, -0.05) is 41.9 Å². The predicted octanol–water partition coefficient (Wildman–Crippen LogP) is 4.06. The van der Waals surface area contributed by atoms with E-state index in [0.717, 1.165) is 5.56 Å². The molecule has 1 amide bonds. The predicted molar refractivity (Wildman–Crippen MR) is 89.4 cm³/mol. The Hall–Kier alpha value is -2.59. The lowest BCUT2D eigenvalue weighted by Gasteiger charge is -2.14. The molecule has 0 radical (unpaired) electrons. The molecule has 0 fully saturated rings. The number of halogens is 1. The molecule has 0 aliphatic carbocycles. The summed E-state index contributed by atoms with van der Waals surface area (Å²) in [6.45, 7) is 1.89. The van der Waals surface area contributed by atoms with Gasteiger partial charge in [0.2, 0.25) is 5.55 Å². The number of nitrogens with one attached hydrogen (secondary N) is 2. The van der Waals surface area contributed by atoms with E-state index in [0.29, 0.717) is 16.0 Å². The average molecular weight is 327 g/mol. The molecular formula is C18H15ClN2O2. The van der Waals surface area contributed by atoms with Crippen molar-refractivity contribution in [1.29, 1.82) is 5.41 Å². The number of benzene rings is 2. The molecule has 4 nitrogen and oxygen atoms in total. The molecular weight excluding hydrogens is 312 g/mol. The van der Waals surface area contributed by atoms with E-state index in [2.05, 4.69) is 5.32 Å². The van der Waals surface area contributed by atoms with Crippen molar-refractivity contribution in [2.75, 3.05) is 0 Å². The first-order valence-corrected chi connectivity index (χ1v) is 7.56. The van der Waals surface area contributed by atoms with Crippen LogP contribution in [0.15, 0.2) is 59.0 Å². The van der Waals surface area contributed by atoms with Crippen molar-refractivity contribution in [3.05, 3.63) is 76.3 Å². The summed E-state index contributed by atoms with van der Waals surface area (Å²) in [6.07, 6.45) is 0. The van der Waals surface area contributed by atoms with Gasteiger partial charge in [-0.25, -0.2) is 0 Å². The fourth-order valence-electron chi connectivity index (χ4n) is 2.38. The molecule has 0 aliphatic heterocycles. The number of fused-ring (bicyclic) bond motifs is 1. The molecule has 1 heterocycles. The molecule has 116 valence electrons. The SMILES string of the molecule is C[C@H](NC(=O)c1cc2cc(Cl)ccc2oc1=N)c1ccccc1.